The van der Waals surface area contributed by atoms with Crippen LogP contribution in [0.25, 0.3) is 0 Å². The zero-order valence-corrected chi connectivity index (χ0v) is 10.3. The molecule has 2 heteroatoms. The standard InChI is InChI=1S/C16H15NO/c1-12-6-5-9-14(10-12)16-17-15(11-18-16)13-7-3-2-4-8-13/h2-10,15H,11H2,1H3. The number of nitrogens with zero attached hydrogens (tertiary/aromatic N) is 1. The molecule has 1 aliphatic heterocycles. The molecule has 2 nitrogen and oxygen atoms in total. The molecule has 1 unspecified atom stereocenters. The lowest BCUT2D eigenvalue weighted by Gasteiger charge is -2.03. The first kappa shape index (κ1) is 11.0. The van der Waals surface area contributed by atoms with E-state index in [2.05, 4.69) is 36.2 Å². The molecule has 3 rings (SSSR count). The topological polar surface area (TPSA) is 21.6 Å². The zero-order chi connectivity index (χ0) is 12.4. The Hall–Kier alpha value is -2.09. The summed E-state index contributed by atoms with van der Waals surface area (Å²) in [5.41, 5.74) is 3.50. The number of hydrogen-bond acceptors (Lipinski definition) is 2. The lowest BCUT2D eigenvalue weighted by molar-refractivity contribution is 0.320. The third-order valence-corrected chi connectivity index (χ3v) is 3.10. The van der Waals surface area contributed by atoms with E-state index in [1.165, 1.54) is 11.1 Å². The molecule has 0 aliphatic carbocycles. The van der Waals surface area contributed by atoms with E-state index in [0.717, 1.165) is 11.5 Å². The van der Waals surface area contributed by atoms with Gasteiger partial charge in [0.1, 0.15) is 12.6 Å². The highest BCUT2D eigenvalue weighted by Crippen LogP contribution is 2.24. The fourth-order valence-corrected chi connectivity index (χ4v) is 2.16. The van der Waals surface area contributed by atoms with Gasteiger partial charge in [0.2, 0.25) is 5.90 Å². The molecule has 90 valence electrons. The molecule has 0 saturated carbocycles. The van der Waals surface area contributed by atoms with Crippen LogP contribution >= 0.6 is 0 Å². The Bertz CT molecular complexity index is 575. The fraction of sp³-hybridized carbons (Fsp3) is 0.188. The Morgan fingerprint density at radius 3 is 2.67 bits per heavy atom. The number of aryl methyl sites for hydroxylation is 1. The maximum absolute atomic E-state index is 5.71. The Labute approximate surface area is 107 Å². The molecule has 0 N–H and O–H groups in total. The minimum atomic E-state index is 0.127. The van der Waals surface area contributed by atoms with Gasteiger partial charge in [-0.1, -0.05) is 48.0 Å². The summed E-state index contributed by atoms with van der Waals surface area (Å²) >= 11 is 0. The van der Waals surface area contributed by atoms with E-state index in [4.69, 9.17) is 4.74 Å². The van der Waals surface area contributed by atoms with Crippen molar-refractivity contribution in [2.75, 3.05) is 6.61 Å². The number of benzene rings is 2. The second-order valence-electron chi connectivity index (χ2n) is 4.54. The van der Waals surface area contributed by atoms with Gasteiger partial charge < -0.3 is 4.74 Å². The quantitative estimate of drug-likeness (QED) is 0.783. The minimum Gasteiger partial charge on any atom is -0.475 e. The Morgan fingerprint density at radius 1 is 1.06 bits per heavy atom. The molecule has 0 amide bonds. The van der Waals surface area contributed by atoms with Crippen molar-refractivity contribution in [3.63, 3.8) is 0 Å². The van der Waals surface area contributed by atoms with Gasteiger partial charge in [-0.2, -0.15) is 0 Å². The maximum Gasteiger partial charge on any atom is 0.216 e. The van der Waals surface area contributed by atoms with E-state index >= 15 is 0 Å². The van der Waals surface area contributed by atoms with Gasteiger partial charge in [0.05, 0.1) is 0 Å². The normalized spacial score (nSPS) is 18.3. The molecule has 0 bridgehead atoms. The molecule has 2 aromatic carbocycles. The fourth-order valence-electron chi connectivity index (χ4n) is 2.16. The number of rotatable bonds is 2. The van der Waals surface area contributed by atoms with Crippen LogP contribution in [-0.2, 0) is 4.74 Å². The SMILES string of the molecule is Cc1cccc(C2=NC(c3ccccc3)CO2)c1. The van der Waals surface area contributed by atoms with Crippen LogP contribution in [0.3, 0.4) is 0 Å². The van der Waals surface area contributed by atoms with Gasteiger partial charge in [-0.25, -0.2) is 4.99 Å². The lowest BCUT2D eigenvalue weighted by atomic mass is 10.1. The van der Waals surface area contributed by atoms with Crippen molar-refractivity contribution in [1.82, 2.24) is 0 Å². The maximum atomic E-state index is 5.71. The molecule has 1 aliphatic rings. The average molecular weight is 237 g/mol. The van der Waals surface area contributed by atoms with Crippen LogP contribution in [0.5, 0.6) is 0 Å². The molecular formula is C16H15NO. The zero-order valence-electron chi connectivity index (χ0n) is 10.3. The smallest absolute Gasteiger partial charge is 0.216 e. The van der Waals surface area contributed by atoms with Crippen LogP contribution < -0.4 is 0 Å². The van der Waals surface area contributed by atoms with Crippen molar-refractivity contribution in [3.05, 3.63) is 71.3 Å². The van der Waals surface area contributed by atoms with Crippen LogP contribution in [0, 0.1) is 6.92 Å². The second kappa shape index (κ2) is 4.65. The van der Waals surface area contributed by atoms with Crippen molar-refractivity contribution in [2.45, 2.75) is 13.0 Å². The lowest BCUT2D eigenvalue weighted by Crippen LogP contribution is -2.01. The van der Waals surface area contributed by atoms with Gasteiger partial charge >= 0.3 is 0 Å². The van der Waals surface area contributed by atoms with E-state index in [9.17, 15) is 0 Å². The van der Waals surface area contributed by atoms with E-state index in [1.54, 1.807) is 0 Å². The van der Waals surface area contributed by atoms with Crippen LogP contribution in [0.1, 0.15) is 22.7 Å². The average Bonchev–Trinajstić information content (AvgIpc) is 2.89. The van der Waals surface area contributed by atoms with E-state index in [-0.39, 0.29) is 6.04 Å². The third-order valence-electron chi connectivity index (χ3n) is 3.10. The Morgan fingerprint density at radius 2 is 1.89 bits per heavy atom. The number of aliphatic imine (C=N–C) groups is 1. The number of ether oxygens (including phenoxy) is 1. The summed E-state index contributed by atoms with van der Waals surface area (Å²) in [5.74, 6) is 0.757. The molecule has 2 aromatic rings. The van der Waals surface area contributed by atoms with Crippen LogP contribution in [-0.4, -0.2) is 12.5 Å². The van der Waals surface area contributed by atoms with E-state index in [0.29, 0.717) is 6.61 Å². The summed E-state index contributed by atoms with van der Waals surface area (Å²) in [6, 6.07) is 18.7. The van der Waals surface area contributed by atoms with Crippen LogP contribution in [0.15, 0.2) is 59.6 Å². The molecule has 0 saturated heterocycles. The summed E-state index contributed by atoms with van der Waals surface area (Å²) in [7, 11) is 0. The summed E-state index contributed by atoms with van der Waals surface area (Å²) in [6.45, 7) is 2.71. The highest BCUT2D eigenvalue weighted by atomic mass is 16.5. The van der Waals surface area contributed by atoms with Crippen molar-refractivity contribution in [2.24, 2.45) is 4.99 Å². The molecule has 0 radical (unpaired) electrons. The molecular weight excluding hydrogens is 222 g/mol. The van der Waals surface area contributed by atoms with E-state index < -0.39 is 0 Å². The van der Waals surface area contributed by atoms with Crippen molar-refractivity contribution in [3.8, 4) is 0 Å². The Kier molecular flexibility index (Phi) is 2.85. The van der Waals surface area contributed by atoms with Gasteiger partial charge in [-0.15, -0.1) is 0 Å². The minimum absolute atomic E-state index is 0.127. The van der Waals surface area contributed by atoms with Crippen molar-refractivity contribution in [1.29, 1.82) is 0 Å². The second-order valence-corrected chi connectivity index (χ2v) is 4.54. The molecule has 0 aromatic heterocycles. The summed E-state index contributed by atoms with van der Waals surface area (Å²) in [6.07, 6.45) is 0. The van der Waals surface area contributed by atoms with E-state index in [1.807, 2.05) is 30.3 Å². The Balaban J connectivity index is 1.88. The molecule has 1 atom stereocenters. The van der Waals surface area contributed by atoms with Gasteiger partial charge in [-0.05, 0) is 24.6 Å². The van der Waals surface area contributed by atoms with Crippen molar-refractivity contribution >= 4 is 5.90 Å². The highest BCUT2D eigenvalue weighted by molar-refractivity contribution is 5.95. The van der Waals surface area contributed by atoms with Crippen LogP contribution in [0.4, 0.5) is 0 Å². The number of hydrogen-bond donors (Lipinski definition) is 0. The summed E-state index contributed by atoms with van der Waals surface area (Å²) in [4.78, 5) is 4.66. The van der Waals surface area contributed by atoms with Gasteiger partial charge in [0.25, 0.3) is 0 Å². The van der Waals surface area contributed by atoms with Gasteiger partial charge in [-0.3, -0.25) is 0 Å². The predicted molar refractivity (Wildman–Crippen MR) is 72.9 cm³/mol. The van der Waals surface area contributed by atoms with Gasteiger partial charge in [0.15, 0.2) is 0 Å². The van der Waals surface area contributed by atoms with Crippen LogP contribution in [0.2, 0.25) is 0 Å². The largest absolute Gasteiger partial charge is 0.475 e. The molecule has 0 spiro atoms. The first-order valence-electron chi connectivity index (χ1n) is 6.15. The first-order chi connectivity index (χ1) is 8.83. The third kappa shape index (κ3) is 2.14. The molecule has 0 fully saturated rings. The first-order valence-corrected chi connectivity index (χ1v) is 6.15. The molecule has 1 heterocycles. The summed E-state index contributed by atoms with van der Waals surface area (Å²) < 4.78 is 5.71. The van der Waals surface area contributed by atoms with Crippen molar-refractivity contribution < 1.29 is 4.74 Å². The highest BCUT2D eigenvalue weighted by Gasteiger charge is 2.21. The molecule has 18 heavy (non-hydrogen) atoms. The van der Waals surface area contributed by atoms with Gasteiger partial charge in [0, 0.05) is 5.56 Å². The summed E-state index contributed by atoms with van der Waals surface area (Å²) in [5, 5.41) is 0. The monoisotopic (exact) mass is 237 g/mol. The predicted octanol–water partition coefficient (Wildman–Crippen LogP) is 3.51.